The van der Waals surface area contributed by atoms with E-state index < -0.39 is 0 Å². The molecule has 1 saturated carbocycles. The van der Waals surface area contributed by atoms with Gasteiger partial charge >= 0.3 is 0 Å². The monoisotopic (exact) mass is 262 g/mol. The summed E-state index contributed by atoms with van der Waals surface area (Å²) in [6.07, 6.45) is 9.21. The second kappa shape index (κ2) is 7.19. The fourth-order valence-electron chi connectivity index (χ4n) is 2.35. The van der Waals surface area contributed by atoms with E-state index in [1.54, 1.807) is 6.20 Å². The second-order valence-corrected chi connectivity index (χ2v) is 5.15. The van der Waals surface area contributed by atoms with Crippen molar-refractivity contribution in [2.24, 2.45) is 0 Å². The summed E-state index contributed by atoms with van der Waals surface area (Å²) in [5.41, 5.74) is 0.896. The molecule has 0 saturated heterocycles. The standard InChI is InChI=1S/C14H22N4O/c1-11(16-9-13-7-8-15-10-17-13)14(19)18-12-5-3-2-4-6-12/h7-8,10-12,16H,2-6,9H2,1H3,(H,18,19). The van der Waals surface area contributed by atoms with Gasteiger partial charge in [0.25, 0.3) is 0 Å². The summed E-state index contributed by atoms with van der Waals surface area (Å²) < 4.78 is 0. The number of amides is 1. The van der Waals surface area contributed by atoms with Crippen LogP contribution in [0.25, 0.3) is 0 Å². The van der Waals surface area contributed by atoms with Gasteiger partial charge < -0.3 is 10.6 Å². The molecule has 1 heterocycles. The third kappa shape index (κ3) is 4.59. The zero-order chi connectivity index (χ0) is 13.5. The van der Waals surface area contributed by atoms with E-state index in [0.717, 1.165) is 18.5 Å². The molecule has 0 aromatic carbocycles. The Morgan fingerprint density at radius 1 is 1.42 bits per heavy atom. The summed E-state index contributed by atoms with van der Waals surface area (Å²) in [7, 11) is 0. The van der Waals surface area contributed by atoms with Crippen molar-refractivity contribution in [3.8, 4) is 0 Å². The Morgan fingerprint density at radius 3 is 2.89 bits per heavy atom. The maximum Gasteiger partial charge on any atom is 0.237 e. The fraction of sp³-hybridized carbons (Fsp3) is 0.643. The predicted molar refractivity (Wildman–Crippen MR) is 73.3 cm³/mol. The number of rotatable bonds is 5. The molecule has 5 nitrogen and oxygen atoms in total. The predicted octanol–water partition coefficient (Wildman–Crippen LogP) is 1.40. The maximum absolute atomic E-state index is 12.0. The lowest BCUT2D eigenvalue weighted by Crippen LogP contribution is -2.46. The highest BCUT2D eigenvalue weighted by Gasteiger charge is 2.19. The van der Waals surface area contributed by atoms with E-state index in [4.69, 9.17) is 0 Å². The second-order valence-electron chi connectivity index (χ2n) is 5.15. The molecule has 1 fully saturated rings. The normalized spacial score (nSPS) is 17.9. The quantitative estimate of drug-likeness (QED) is 0.842. The van der Waals surface area contributed by atoms with Crippen LogP contribution in [0.1, 0.15) is 44.7 Å². The van der Waals surface area contributed by atoms with Crippen molar-refractivity contribution in [1.82, 2.24) is 20.6 Å². The Morgan fingerprint density at radius 2 is 2.21 bits per heavy atom. The number of nitrogens with zero attached hydrogens (tertiary/aromatic N) is 2. The minimum absolute atomic E-state index is 0.0842. The van der Waals surface area contributed by atoms with Crippen LogP contribution in [0.3, 0.4) is 0 Å². The van der Waals surface area contributed by atoms with Crippen molar-refractivity contribution in [3.05, 3.63) is 24.3 Å². The summed E-state index contributed by atoms with van der Waals surface area (Å²) in [6, 6.07) is 2.01. The summed E-state index contributed by atoms with van der Waals surface area (Å²) in [5, 5.41) is 6.31. The van der Waals surface area contributed by atoms with Crippen LogP contribution in [-0.2, 0) is 11.3 Å². The molecule has 1 atom stereocenters. The van der Waals surface area contributed by atoms with Gasteiger partial charge in [-0.1, -0.05) is 19.3 Å². The van der Waals surface area contributed by atoms with Crippen LogP contribution in [0, 0.1) is 0 Å². The summed E-state index contributed by atoms with van der Waals surface area (Å²) in [6.45, 7) is 2.47. The lowest BCUT2D eigenvalue weighted by molar-refractivity contribution is -0.123. The molecule has 1 aliphatic carbocycles. The number of nitrogens with one attached hydrogen (secondary N) is 2. The Labute approximate surface area is 114 Å². The Kier molecular flexibility index (Phi) is 5.27. The zero-order valence-electron chi connectivity index (χ0n) is 11.4. The average molecular weight is 262 g/mol. The van der Waals surface area contributed by atoms with Gasteiger partial charge in [0, 0.05) is 18.8 Å². The van der Waals surface area contributed by atoms with Crippen LogP contribution < -0.4 is 10.6 Å². The summed E-state index contributed by atoms with van der Waals surface area (Å²) in [5.74, 6) is 0.0842. The van der Waals surface area contributed by atoms with E-state index >= 15 is 0 Å². The van der Waals surface area contributed by atoms with Crippen LogP contribution in [0.2, 0.25) is 0 Å². The van der Waals surface area contributed by atoms with Gasteiger partial charge in [0.1, 0.15) is 6.33 Å². The van der Waals surface area contributed by atoms with Crippen LogP contribution in [-0.4, -0.2) is 28.0 Å². The molecule has 1 aliphatic rings. The minimum Gasteiger partial charge on any atom is -0.352 e. The summed E-state index contributed by atoms with van der Waals surface area (Å²) >= 11 is 0. The molecule has 0 spiro atoms. The van der Waals surface area contributed by atoms with Gasteiger partial charge in [-0.3, -0.25) is 4.79 Å². The minimum atomic E-state index is -0.197. The summed E-state index contributed by atoms with van der Waals surface area (Å²) in [4.78, 5) is 20.0. The first-order valence-corrected chi connectivity index (χ1v) is 7.04. The van der Waals surface area contributed by atoms with Crippen molar-refractivity contribution >= 4 is 5.91 Å². The van der Waals surface area contributed by atoms with Crippen LogP contribution in [0.5, 0.6) is 0 Å². The molecule has 0 aliphatic heterocycles. The molecular formula is C14H22N4O. The van der Waals surface area contributed by atoms with Gasteiger partial charge in [-0.25, -0.2) is 9.97 Å². The van der Waals surface area contributed by atoms with Crippen molar-refractivity contribution in [2.75, 3.05) is 0 Å². The van der Waals surface area contributed by atoms with E-state index in [1.165, 1.54) is 25.6 Å². The number of aromatic nitrogens is 2. The highest BCUT2D eigenvalue weighted by atomic mass is 16.2. The first kappa shape index (κ1) is 13.9. The lowest BCUT2D eigenvalue weighted by Gasteiger charge is -2.24. The Bertz CT molecular complexity index is 390. The van der Waals surface area contributed by atoms with Gasteiger partial charge in [-0.05, 0) is 25.8 Å². The Hall–Kier alpha value is -1.49. The molecule has 19 heavy (non-hydrogen) atoms. The van der Waals surface area contributed by atoms with Crippen LogP contribution >= 0.6 is 0 Å². The van der Waals surface area contributed by atoms with Gasteiger partial charge in [0.05, 0.1) is 11.7 Å². The zero-order valence-corrected chi connectivity index (χ0v) is 11.4. The van der Waals surface area contributed by atoms with Crippen molar-refractivity contribution in [1.29, 1.82) is 0 Å². The molecule has 104 valence electrons. The van der Waals surface area contributed by atoms with Crippen molar-refractivity contribution in [3.63, 3.8) is 0 Å². The number of carbonyl (C=O) groups excluding carboxylic acids is 1. The van der Waals surface area contributed by atoms with Gasteiger partial charge in [-0.2, -0.15) is 0 Å². The number of carbonyl (C=O) groups is 1. The molecule has 0 bridgehead atoms. The number of hydrogen-bond acceptors (Lipinski definition) is 4. The molecule has 1 aromatic heterocycles. The fourth-order valence-corrected chi connectivity index (χ4v) is 2.35. The van der Waals surface area contributed by atoms with Crippen molar-refractivity contribution < 1.29 is 4.79 Å². The van der Waals surface area contributed by atoms with E-state index in [-0.39, 0.29) is 11.9 Å². The third-order valence-corrected chi connectivity index (χ3v) is 3.58. The first-order chi connectivity index (χ1) is 9.25. The molecule has 5 heteroatoms. The topological polar surface area (TPSA) is 66.9 Å². The highest BCUT2D eigenvalue weighted by molar-refractivity contribution is 5.81. The largest absolute Gasteiger partial charge is 0.352 e. The molecule has 2 N–H and O–H groups in total. The van der Waals surface area contributed by atoms with Gasteiger partial charge in [0.15, 0.2) is 0 Å². The lowest BCUT2D eigenvalue weighted by atomic mass is 9.95. The van der Waals surface area contributed by atoms with E-state index in [0.29, 0.717) is 12.6 Å². The van der Waals surface area contributed by atoms with Crippen LogP contribution in [0.15, 0.2) is 18.6 Å². The molecule has 1 amide bonds. The number of hydrogen-bond donors (Lipinski definition) is 2. The maximum atomic E-state index is 12.0. The molecule has 1 unspecified atom stereocenters. The third-order valence-electron chi connectivity index (χ3n) is 3.58. The first-order valence-electron chi connectivity index (χ1n) is 7.04. The molecular weight excluding hydrogens is 240 g/mol. The van der Waals surface area contributed by atoms with Gasteiger partial charge in [-0.15, -0.1) is 0 Å². The SMILES string of the molecule is CC(NCc1ccncn1)C(=O)NC1CCCCC1. The highest BCUT2D eigenvalue weighted by Crippen LogP contribution is 2.17. The molecule has 1 aromatic rings. The van der Waals surface area contributed by atoms with Crippen LogP contribution in [0.4, 0.5) is 0 Å². The van der Waals surface area contributed by atoms with Crippen molar-refractivity contribution in [2.45, 2.75) is 57.7 Å². The van der Waals surface area contributed by atoms with E-state index in [9.17, 15) is 4.79 Å². The molecule has 2 rings (SSSR count). The average Bonchev–Trinajstić information content (AvgIpc) is 2.47. The van der Waals surface area contributed by atoms with E-state index in [1.807, 2.05) is 13.0 Å². The Balaban J connectivity index is 1.72. The van der Waals surface area contributed by atoms with E-state index in [2.05, 4.69) is 20.6 Å². The smallest absolute Gasteiger partial charge is 0.237 e. The van der Waals surface area contributed by atoms with Gasteiger partial charge in [0.2, 0.25) is 5.91 Å². The molecule has 0 radical (unpaired) electrons.